The highest BCUT2D eigenvalue weighted by atomic mass is 16.5. The van der Waals surface area contributed by atoms with Crippen LogP contribution in [0.5, 0.6) is 5.88 Å². The van der Waals surface area contributed by atoms with Gasteiger partial charge in [-0.3, -0.25) is 0 Å². The fourth-order valence-electron chi connectivity index (χ4n) is 2.46. The summed E-state index contributed by atoms with van der Waals surface area (Å²) in [5.74, 6) is 1.44. The summed E-state index contributed by atoms with van der Waals surface area (Å²) in [6, 6.07) is 2.92. The number of aromatic nitrogens is 2. The second-order valence-electron chi connectivity index (χ2n) is 5.24. The Kier molecular flexibility index (Phi) is 4.96. The van der Waals surface area contributed by atoms with Crippen molar-refractivity contribution in [1.29, 1.82) is 0 Å². The number of nitrogens with zero attached hydrogens (tertiary/aromatic N) is 3. The third-order valence-corrected chi connectivity index (χ3v) is 3.53. The highest BCUT2D eigenvalue weighted by Gasteiger charge is 2.24. The van der Waals surface area contributed by atoms with E-state index in [2.05, 4.69) is 41.2 Å². The van der Waals surface area contributed by atoms with Gasteiger partial charge in [-0.1, -0.05) is 13.3 Å². The van der Waals surface area contributed by atoms with E-state index in [0.717, 1.165) is 12.2 Å². The predicted octanol–water partition coefficient (Wildman–Crippen LogP) is 2.86. The maximum atomic E-state index is 5.53. The van der Waals surface area contributed by atoms with Crippen molar-refractivity contribution in [3.8, 4) is 5.88 Å². The Morgan fingerprint density at radius 2 is 2.05 bits per heavy atom. The highest BCUT2D eigenvalue weighted by molar-refractivity contribution is 5.36. The van der Waals surface area contributed by atoms with E-state index in [9.17, 15) is 0 Å². The lowest BCUT2D eigenvalue weighted by Gasteiger charge is -2.39. The third-order valence-electron chi connectivity index (χ3n) is 3.53. The van der Waals surface area contributed by atoms with Crippen LogP contribution in [0.15, 0.2) is 12.4 Å². The van der Waals surface area contributed by atoms with Crippen LogP contribution in [0.1, 0.15) is 46.5 Å². The van der Waals surface area contributed by atoms with Crippen LogP contribution in [-0.2, 0) is 0 Å². The van der Waals surface area contributed by atoms with Crippen LogP contribution in [0, 0.1) is 0 Å². The van der Waals surface area contributed by atoms with Crippen molar-refractivity contribution >= 4 is 5.82 Å². The maximum absolute atomic E-state index is 5.53. The molecule has 19 heavy (non-hydrogen) atoms. The van der Waals surface area contributed by atoms with Crippen molar-refractivity contribution < 1.29 is 4.74 Å². The average Bonchev–Trinajstić information content (AvgIpc) is 2.41. The molecule has 1 aliphatic heterocycles. The minimum atomic E-state index is 0.527. The Balaban J connectivity index is 2.01. The Morgan fingerprint density at radius 3 is 2.74 bits per heavy atom. The zero-order valence-corrected chi connectivity index (χ0v) is 12.1. The zero-order valence-electron chi connectivity index (χ0n) is 12.1. The lowest BCUT2D eigenvalue weighted by molar-refractivity contribution is 0.135. The first kappa shape index (κ1) is 14.1. The summed E-state index contributed by atoms with van der Waals surface area (Å²) in [5.41, 5.74) is 3.40. The molecule has 0 bridgehead atoms. The standard InChI is InChI=1S/C14H24N4O/c1-4-8-19-14-9-13(15-10-16-14)17-18-11(2)6-5-7-12(18)3/h9-12H,4-8H2,1-3H3,(H,15,16,17). The minimum absolute atomic E-state index is 0.527. The first-order valence-corrected chi connectivity index (χ1v) is 7.20. The first-order chi connectivity index (χ1) is 9.20. The largest absolute Gasteiger partial charge is 0.478 e. The van der Waals surface area contributed by atoms with E-state index in [1.807, 2.05) is 6.07 Å². The second-order valence-corrected chi connectivity index (χ2v) is 5.24. The van der Waals surface area contributed by atoms with Gasteiger partial charge in [0.15, 0.2) is 0 Å². The van der Waals surface area contributed by atoms with Crippen LogP contribution in [0.4, 0.5) is 5.82 Å². The molecular formula is C14H24N4O. The summed E-state index contributed by atoms with van der Waals surface area (Å²) in [7, 11) is 0. The normalized spacial score (nSPS) is 24.2. The summed E-state index contributed by atoms with van der Waals surface area (Å²) < 4.78 is 5.53. The first-order valence-electron chi connectivity index (χ1n) is 7.20. The Bertz CT molecular complexity index is 389. The van der Waals surface area contributed by atoms with Gasteiger partial charge >= 0.3 is 0 Å². The zero-order chi connectivity index (χ0) is 13.7. The molecule has 1 aromatic rings. The summed E-state index contributed by atoms with van der Waals surface area (Å²) in [6.07, 6.45) is 6.28. The fraction of sp³-hybridized carbons (Fsp3) is 0.714. The van der Waals surface area contributed by atoms with Crippen LogP contribution in [0.3, 0.4) is 0 Å². The van der Waals surface area contributed by atoms with E-state index >= 15 is 0 Å². The molecular weight excluding hydrogens is 240 g/mol. The van der Waals surface area contributed by atoms with Gasteiger partial charge in [0.25, 0.3) is 0 Å². The molecule has 1 saturated heterocycles. The SMILES string of the molecule is CCCOc1cc(NN2C(C)CCCC2C)ncn1. The number of piperidine rings is 1. The molecule has 2 rings (SSSR count). The number of hydrogen-bond donors (Lipinski definition) is 1. The Labute approximate surface area is 115 Å². The molecule has 1 aromatic heterocycles. The van der Waals surface area contributed by atoms with Gasteiger partial charge in [0.05, 0.1) is 6.61 Å². The number of hydrogen-bond acceptors (Lipinski definition) is 5. The number of hydrazine groups is 1. The van der Waals surface area contributed by atoms with Crippen molar-refractivity contribution in [1.82, 2.24) is 15.0 Å². The predicted molar refractivity (Wildman–Crippen MR) is 76.1 cm³/mol. The summed E-state index contributed by atoms with van der Waals surface area (Å²) in [4.78, 5) is 8.38. The molecule has 0 aromatic carbocycles. The van der Waals surface area contributed by atoms with E-state index in [4.69, 9.17) is 4.74 Å². The molecule has 0 radical (unpaired) electrons. The lowest BCUT2D eigenvalue weighted by atomic mass is 10.00. The summed E-state index contributed by atoms with van der Waals surface area (Å²) in [6.45, 7) is 7.26. The van der Waals surface area contributed by atoms with E-state index in [0.29, 0.717) is 24.6 Å². The van der Waals surface area contributed by atoms with Gasteiger partial charge in [-0.25, -0.2) is 15.0 Å². The third kappa shape index (κ3) is 3.80. The molecule has 1 aliphatic rings. The van der Waals surface area contributed by atoms with Crippen molar-refractivity contribution in [3.05, 3.63) is 12.4 Å². The number of nitrogens with one attached hydrogen (secondary N) is 1. The van der Waals surface area contributed by atoms with Crippen LogP contribution < -0.4 is 10.2 Å². The van der Waals surface area contributed by atoms with Crippen LogP contribution in [0.25, 0.3) is 0 Å². The molecule has 1 N–H and O–H groups in total. The van der Waals surface area contributed by atoms with Gasteiger partial charge in [-0.05, 0) is 33.1 Å². The topological polar surface area (TPSA) is 50.3 Å². The smallest absolute Gasteiger partial charge is 0.218 e. The average molecular weight is 264 g/mol. The monoisotopic (exact) mass is 264 g/mol. The number of ether oxygens (including phenoxy) is 1. The summed E-state index contributed by atoms with van der Waals surface area (Å²) >= 11 is 0. The van der Waals surface area contributed by atoms with Crippen molar-refractivity contribution in [3.63, 3.8) is 0 Å². The van der Waals surface area contributed by atoms with E-state index in [-0.39, 0.29) is 0 Å². The molecule has 5 nitrogen and oxygen atoms in total. The van der Waals surface area contributed by atoms with Crippen LogP contribution >= 0.6 is 0 Å². The molecule has 2 heterocycles. The van der Waals surface area contributed by atoms with Crippen LogP contribution in [-0.4, -0.2) is 33.7 Å². The second kappa shape index (κ2) is 6.70. The molecule has 1 fully saturated rings. The lowest BCUT2D eigenvalue weighted by Crippen LogP contribution is -2.47. The van der Waals surface area contributed by atoms with Crippen molar-refractivity contribution in [2.24, 2.45) is 0 Å². The minimum Gasteiger partial charge on any atom is -0.478 e. The molecule has 2 atom stereocenters. The van der Waals surface area contributed by atoms with E-state index in [1.165, 1.54) is 19.3 Å². The maximum Gasteiger partial charge on any atom is 0.218 e. The van der Waals surface area contributed by atoms with Crippen molar-refractivity contribution in [2.45, 2.75) is 58.5 Å². The Morgan fingerprint density at radius 1 is 1.32 bits per heavy atom. The van der Waals surface area contributed by atoms with Gasteiger partial charge < -0.3 is 10.2 Å². The number of anilines is 1. The Hall–Kier alpha value is -1.36. The van der Waals surface area contributed by atoms with Crippen LogP contribution in [0.2, 0.25) is 0 Å². The van der Waals surface area contributed by atoms with Gasteiger partial charge in [0, 0.05) is 18.2 Å². The molecule has 0 saturated carbocycles. The van der Waals surface area contributed by atoms with Crippen molar-refractivity contribution in [2.75, 3.05) is 12.0 Å². The van der Waals surface area contributed by atoms with E-state index < -0.39 is 0 Å². The molecule has 0 spiro atoms. The quantitative estimate of drug-likeness (QED) is 0.886. The molecule has 5 heteroatoms. The highest BCUT2D eigenvalue weighted by Crippen LogP contribution is 2.23. The fourth-order valence-corrected chi connectivity index (χ4v) is 2.46. The van der Waals surface area contributed by atoms with Gasteiger partial charge in [0.1, 0.15) is 12.1 Å². The molecule has 106 valence electrons. The van der Waals surface area contributed by atoms with Gasteiger partial charge in [-0.2, -0.15) is 0 Å². The molecule has 2 unspecified atom stereocenters. The summed E-state index contributed by atoms with van der Waals surface area (Å²) in [5, 5.41) is 2.29. The van der Waals surface area contributed by atoms with Gasteiger partial charge in [0.2, 0.25) is 5.88 Å². The molecule has 0 aliphatic carbocycles. The number of rotatable bonds is 5. The molecule has 0 amide bonds. The van der Waals surface area contributed by atoms with E-state index in [1.54, 1.807) is 6.33 Å². The van der Waals surface area contributed by atoms with Gasteiger partial charge in [-0.15, -0.1) is 0 Å².